The summed E-state index contributed by atoms with van der Waals surface area (Å²) in [6.45, 7) is -0.209. The second kappa shape index (κ2) is 6.81. The minimum atomic E-state index is -0.992. The quantitative estimate of drug-likeness (QED) is 0.464. The van der Waals surface area contributed by atoms with Crippen molar-refractivity contribution in [2.24, 2.45) is 0 Å². The van der Waals surface area contributed by atoms with Crippen LogP contribution in [-0.2, 0) is 9.47 Å². The van der Waals surface area contributed by atoms with Gasteiger partial charge >= 0.3 is 12.3 Å². The summed E-state index contributed by atoms with van der Waals surface area (Å²) in [5.41, 5.74) is 0. The van der Waals surface area contributed by atoms with E-state index in [0.29, 0.717) is 0 Å². The number of rotatable bonds is 3. The molecule has 0 aromatic heterocycles. The first-order valence-electron chi connectivity index (χ1n) is 4.80. The molecule has 6 heteroatoms. The summed E-state index contributed by atoms with van der Waals surface area (Å²) in [5, 5.41) is 0. The minimum Gasteiger partial charge on any atom is -0.437 e. The Morgan fingerprint density at radius 2 is 1.72 bits per heavy atom. The van der Waals surface area contributed by atoms with E-state index < -0.39 is 12.3 Å². The predicted octanol–water partition coefficient (Wildman–Crippen LogP) is 1.98. The number of methoxy groups -OCH3 is 1. The first-order valence-corrected chi connectivity index (χ1v) is 4.80. The van der Waals surface area contributed by atoms with E-state index in [1.807, 2.05) is 0 Å². The molecule has 0 aliphatic rings. The largest absolute Gasteiger partial charge is 0.514 e. The van der Waals surface area contributed by atoms with Crippen LogP contribution in [0.3, 0.4) is 0 Å². The van der Waals surface area contributed by atoms with Crippen molar-refractivity contribution in [2.75, 3.05) is 13.7 Å². The van der Waals surface area contributed by atoms with Gasteiger partial charge in [-0.05, 0) is 12.1 Å². The first kappa shape index (κ1) is 13.4. The van der Waals surface area contributed by atoms with Crippen molar-refractivity contribution >= 4 is 12.3 Å². The van der Waals surface area contributed by atoms with E-state index in [2.05, 4.69) is 15.4 Å². The van der Waals surface area contributed by atoms with Crippen LogP contribution in [0.2, 0.25) is 0 Å². The Hall–Kier alpha value is -2.68. The van der Waals surface area contributed by atoms with Crippen LogP contribution in [0.4, 0.5) is 9.59 Å². The van der Waals surface area contributed by atoms with Crippen LogP contribution < -0.4 is 9.47 Å². The summed E-state index contributed by atoms with van der Waals surface area (Å²) in [7, 11) is 1.16. The molecule has 0 saturated heterocycles. The fraction of sp³-hybridized carbons (Fsp3) is 0.167. The van der Waals surface area contributed by atoms with Gasteiger partial charge in [0.15, 0.2) is 18.1 Å². The van der Waals surface area contributed by atoms with Crippen LogP contribution in [0, 0.1) is 12.3 Å². The molecule has 0 fully saturated rings. The van der Waals surface area contributed by atoms with Gasteiger partial charge in [-0.3, -0.25) is 0 Å². The van der Waals surface area contributed by atoms with E-state index in [0.717, 1.165) is 7.11 Å². The van der Waals surface area contributed by atoms with E-state index in [1.165, 1.54) is 12.1 Å². The summed E-state index contributed by atoms with van der Waals surface area (Å²) in [6.07, 6.45) is 3.00. The van der Waals surface area contributed by atoms with Crippen molar-refractivity contribution in [3.8, 4) is 23.8 Å². The van der Waals surface area contributed by atoms with Crippen LogP contribution in [0.5, 0.6) is 11.5 Å². The van der Waals surface area contributed by atoms with Crippen LogP contribution in [0.1, 0.15) is 0 Å². The monoisotopic (exact) mass is 250 g/mol. The van der Waals surface area contributed by atoms with Crippen LogP contribution in [0.15, 0.2) is 24.3 Å². The Labute approximate surface area is 103 Å². The number of hydrogen-bond acceptors (Lipinski definition) is 6. The molecule has 0 amide bonds. The van der Waals surface area contributed by atoms with Crippen molar-refractivity contribution in [1.29, 1.82) is 0 Å². The molecule has 0 heterocycles. The number of hydrogen-bond donors (Lipinski definition) is 0. The topological polar surface area (TPSA) is 71.1 Å². The SMILES string of the molecule is C#CCOC(=O)Oc1ccccc1OC(=O)OC. The van der Waals surface area contributed by atoms with Crippen molar-refractivity contribution in [3.63, 3.8) is 0 Å². The summed E-state index contributed by atoms with van der Waals surface area (Å²) in [6, 6.07) is 6.04. The van der Waals surface area contributed by atoms with Gasteiger partial charge in [-0.1, -0.05) is 18.1 Å². The average Bonchev–Trinajstić information content (AvgIpc) is 2.38. The Balaban J connectivity index is 2.73. The third-order valence-electron chi connectivity index (χ3n) is 1.68. The lowest BCUT2D eigenvalue weighted by atomic mass is 10.3. The lowest BCUT2D eigenvalue weighted by Crippen LogP contribution is -2.13. The molecule has 0 radical (unpaired) electrons. The van der Waals surface area contributed by atoms with Gasteiger partial charge in [-0.25, -0.2) is 9.59 Å². The Morgan fingerprint density at radius 1 is 1.17 bits per heavy atom. The molecule has 94 valence electrons. The van der Waals surface area contributed by atoms with Crippen molar-refractivity contribution < 1.29 is 28.5 Å². The van der Waals surface area contributed by atoms with Crippen molar-refractivity contribution in [1.82, 2.24) is 0 Å². The lowest BCUT2D eigenvalue weighted by molar-refractivity contribution is 0.104. The van der Waals surface area contributed by atoms with Gasteiger partial charge < -0.3 is 18.9 Å². The number of benzene rings is 1. The Kier molecular flexibility index (Phi) is 5.06. The fourth-order valence-electron chi connectivity index (χ4n) is 0.970. The maximum absolute atomic E-state index is 11.2. The zero-order valence-electron chi connectivity index (χ0n) is 9.54. The molecule has 0 spiro atoms. The first-order chi connectivity index (χ1) is 8.67. The highest BCUT2D eigenvalue weighted by Gasteiger charge is 2.13. The highest BCUT2D eigenvalue weighted by atomic mass is 16.7. The van der Waals surface area contributed by atoms with Gasteiger partial charge in [0.2, 0.25) is 0 Å². The van der Waals surface area contributed by atoms with E-state index in [4.69, 9.17) is 15.9 Å². The van der Waals surface area contributed by atoms with Gasteiger partial charge in [0.25, 0.3) is 0 Å². The Bertz CT molecular complexity index is 474. The fourth-order valence-corrected chi connectivity index (χ4v) is 0.970. The molecule has 0 aliphatic carbocycles. The van der Waals surface area contributed by atoms with Crippen molar-refractivity contribution in [3.05, 3.63) is 24.3 Å². The van der Waals surface area contributed by atoms with Crippen LogP contribution in [-0.4, -0.2) is 26.0 Å². The van der Waals surface area contributed by atoms with Gasteiger partial charge in [0.05, 0.1) is 7.11 Å². The second-order valence-corrected chi connectivity index (χ2v) is 2.85. The molecule has 6 nitrogen and oxygen atoms in total. The molecule has 1 rings (SSSR count). The van der Waals surface area contributed by atoms with Gasteiger partial charge in [-0.2, -0.15) is 0 Å². The minimum absolute atomic E-state index is 0.0184. The maximum atomic E-state index is 11.2. The summed E-state index contributed by atoms with van der Waals surface area (Å²) in [4.78, 5) is 22.1. The molecule has 0 N–H and O–H groups in total. The maximum Gasteiger partial charge on any atom is 0.514 e. The molecule has 0 atom stereocenters. The third kappa shape index (κ3) is 4.06. The normalized spacial score (nSPS) is 8.89. The van der Waals surface area contributed by atoms with Gasteiger partial charge in [0, 0.05) is 0 Å². The number of terminal acetylenes is 1. The van der Waals surface area contributed by atoms with Crippen LogP contribution in [0.25, 0.3) is 0 Å². The molecule has 1 aromatic carbocycles. The van der Waals surface area contributed by atoms with Gasteiger partial charge in [0.1, 0.15) is 0 Å². The summed E-state index contributed by atoms with van der Waals surface area (Å²) < 4.78 is 18.4. The molecule has 0 aliphatic heterocycles. The van der Waals surface area contributed by atoms with Gasteiger partial charge in [-0.15, -0.1) is 6.42 Å². The average molecular weight is 250 g/mol. The highest BCUT2D eigenvalue weighted by Crippen LogP contribution is 2.27. The van der Waals surface area contributed by atoms with Crippen molar-refractivity contribution in [2.45, 2.75) is 0 Å². The van der Waals surface area contributed by atoms with E-state index in [1.54, 1.807) is 12.1 Å². The molecule has 0 saturated carbocycles. The Morgan fingerprint density at radius 3 is 2.22 bits per heavy atom. The second-order valence-electron chi connectivity index (χ2n) is 2.85. The summed E-state index contributed by atoms with van der Waals surface area (Å²) in [5.74, 6) is 2.16. The molecule has 18 heavy (non-hydrogen) atoms. The molecular formula is C12H10O6. The molecule has 0 unspecified atom stereocenters. The molecular weight excluding hydrogens is 240 g/mol. The van der Waals surface area contributed by atoms with E-state index >= 15 is 0 Å². The highest BCUT2D eigenvalue weighted by molar-refractivity contribution is 5.68. The smallest absolute Gasteiger partial charge is 0.437 e. The van der Waals surface area contributed by atoms with E-state index in [9.17, 15) is 9.59 Å². The molecule has 0 bridgehead atoms. The summed E-state index contributed by atoms with van der Waals surface area (Å²) >= 11 is 0. The number of para-hydroxylation sites is 2. The third-order valence-corrected chi connectivity index (χ3v) is 1.68. The lowest BCUT2D eigenvalue weighted by Gasteiger charge is -2.08. The van der Waals surface area contributed by atoms with Crippen LogP contribution >= 0.6 is 0 Å². The number of ether oxygens (including phenoxy) is 4. The number of carbonyl (C=O) groups is 2. The molecule has 1 aromatic rings. The van der Waals surface area contributed by atoms with E-state index in [-0.39, 0.29) is 18.1 Å². The zero-order valence-corrected chi connectivity index (χ0v) is 9.54. The number of carbonyl (C=O) groups excluding carboxylic acids is 2. The predicted molar refractivity (Wildman–Crippen MR) is 60.3 cm³/mol. The zero-order chi connectivity index (χ0) is 13.4. The standard InChI is InChI=1S/C12H10O6/c1-3-8-16-12(14)18-10-7-5-4-6-9(10)17-11(13)15-2/h1,4-7H,8H2,2H3.